The largest absolute Gasteiger partial charge is 0.456 e. The van der Waals surface area contributed by atoms with E-state index in [9.17, 15) is 4.79 Å². The molecule has 1 aliphatic rings. The SMILES string of the molecule is Nc1nc2ccc3oc(-c4ccc5c(c4)OCO5)cc(=O)c3c2s1. The first-order chi connectivity index (χ1) is 11.7. The van der Waals surface area contributed by atoms with E-state index in [1.807, 2.05) is 6.07 Å². The highest BCUT2D eigenvalue weighted by Crippen LogP contribution is 2.37. The predicted molar refractivity (Wildman–Crippen MR) is 91.6 cm³/mol. The summed E-state index contributed by atoms with van der Waals surface area (Å²) in [6.07, 6.45) is 0. The number of nitrogens with two attached hydrogens (primary N) is 1. The second-order valence-corrected chi connectivity index (χ2v) is 6.41. The standard InChI is InChI=1S/C17H10N2O4S/c18-17-19-9-2-4-12-15(16(9)24-17)10(20)6-13(23-12)8-1-3-11-14(5-8)22-7-21-11/h1-6H,7H2,(H2,18,19). The van der Waals surface area contributed by atoms with Crippen molar-refractivity contribution >= 4 is 37.7 Å². The molecular weight excluding hydrogens is 328 g/mol. The van der Waals surface area contributed by atoms with Crippen LogP contribution in [0.3, 0.4) is 0 Å². The molecule has 5 rings (SSSR count). The summed E-state index contributed by atoms with van der Waals surface area (Å²) in [5.41, 5.74) is 7.59. The minimum absolute atomic E-state index is 0.127. The van der Waals surface area contributed by atoms with E-state index in [0.29, 0.717) is 38.9 Å². The van der Waals surface area contributed by atoms with E-state index in [-0.39, 0.29) is 12.2 Å². The van der Waals surface area contributed by atoms with E-state index in [0.717, 1.165) is 10.3 Å². The predicted octanol–water partition coefficient (Wildman–Crippen LogP) is 3.38. The van der Waals surface area contributed by atoms with Gasteiger partial charge in [0.15, 0.2) is 22.1 Å². The molecule has 0 saturated heterocycles. The Morgan fingerprint density at radius 2 is 1.96 bits per heavy atom. The quantitative estimate of drug-likeness (QED) is 0.572. The second kappa shape index (κ2) is 4.72. The summed E-state index contributed by atoms with van der Waals surface area (Å²) in [6.45, 7) is 0.200. The van der Waals surface area contributed by atoms with Gasteiger partial charge in [0, 0.05) is 11.6 Å². The van der Waals surface area contributed by atoms with Crippen molar-refractivity contribution in [2.45, 2.75) is 0 Å². The number of benzene rings is 2. The van der Waals surface area contributed by atoms with Crippen molar-refractivity contribution < 1.29 is 13.9 Å². The fraction of sp³-hybridized carbons (Fsp3) is 0.0588. The summed E-state index contributed by atoms with van der Waals surface area (Å²) in [6, 6.07) is 10.5. The Kier molecular flexibility index (Phi) is 2.63. The van der Waals surface area contributed by atoms with Gasteiger partial charge >= 0.3 is 0 Å². The number of ether oxygens (including phenoxy) is 2. The molecule has 2 aromatic carbocycles. The van der Waals surface area contributed by atoms with Crippen molar-refractivity contribution in [3.05, 3.63) is 46.6 Å². The molecule has 24 heavy (non-hydrogen) atoms. The Bertz CT molecular complexity index is 1180. The number of thiazole rings is 1. The molecule has 4 aromatic rings. The number of hydrogen-bond donors (Lipinski definition) is 1. The molecule has 2 N–H and O–H groups in total. The van der Waals surface area contributed by atoms with Gasteiger partial charge in [0.1, 0.15) is 11.3 Å². The lowest BCUT2D eigenvalue weighted by molar-refractivity contribution is 0.174. The second-order valence-electron chi connectivity index (χ2n) is 5.38. The zero-order valence-electron chi connectivity index (χ0n) is 12.2. The van der Waals surface area contributed by atoms with Crippen molar-refractivity contribution in [1.82, 2.24) is 4.98 Å². The van der Waals surface area contributed by atoms with Crippen LogP contribution in [0.4, 0.5) is 5.13 Å². The lowest BCUT2D eigenvalue weighted by atomic mass is 10.1. The van der Waals surface area contributed by atoms with Gasteiger partial charge in [-0.25, -0.2) is 4.98 Å². The summed E-state index contributed by atoms with van der Waals surface area (Å²) < 4.78 is 17.4. The summed E-state index contributed by atoms with van der Waals surface area (Å²) >= 11 is 1.28. The molecular formula is C17H10N2O4S. The third-order valence-corrected chi connectivity index (χ3v) is 4.84. The van der Waals surface area contributed by atoms with Crippen LogP contribution in [0, 0.1) is 0 Å². The lowest BCUT2D eigenvalue weighted by Gasteiger charge is -2.05. The monoisotopic (exact) mass is 338 g/mol. The highest BCUT2D eigenvalue weighted by Gasteiger charge is 2.17. The van der Waals surface area contributed by atoms with Crippen molar-refractivity contribution in [2.24, 2.45) is 0 Å². The fourth-order valence-corrected chi connectivity index (χ4v) is 3.72. The first-order valence-corrected chi connectivity index (χ1v) is 8.03. The maximum Gasteiger partial charge on any atom is 0.231 e. The van der Waals surface area contributed by atoms with Crippen LogP contribution in [0.1, 0.15) is 0 Å². The number of hydrogen-bond acceptors (Lipinski definition) is 7. The van der Waals surface area contributed by atoms with Gasteiger partial charge in [-0.15, -0.1) is 0 Å². The first-order valence-electron chi connectivity index (χ1n) is 7.22. The van der Waals surface area contributed by atoms with Crippen LogP contribution >= 0.6 is 11.3 Å². The summed E-state index contributed by atoms with van der Waals surface area (Å²) in [5, 5.41) is 0.933. The van der Waals surface area contributed by atoms with E-state index >= 15 is 0 Å². The number of anilines is 1. The molecule has 1 aliphatic heterocycles. The first kappa shape index (κ1) is 13.4. The fourth-order valence-electron chi connectivity index (χ4n) is 2.84. The van der Waals surface area contributed by atoms with Crippen molar-refractivity contribution in [1.29, 1.82) is 0 Å². The molecule has 0 unspecified atom stereocenters. The molecule has 7 heteroatoms. The zero-order valence-corrected chi connectivity index (χ0v) is 13.1. The van der Waals surface area contributed by atoms with Gasteiger partial charge in [-0.05, 0) is 30.3 Å². The number of nitrogen functional groups attached to an aromatic ring is 1. The summed E-state index contributed by atoms with van der Waals surface area (Å²) in [5.74, 6) is 1.80. The maximum atomic E-state index is 12.7. The van der Waals surface area contributed by atoms with Crippen molar-refractivity contribution in [3.63, 3.8) is 0 Å². The number of nitrogens with zero attached hydrogens (tertiary/aromatic N) is 1. The van der Waals surface area contributed by atoms with Gasteiger partial charge in [0.05, 0.1) is 15.6 Å². The van der Waals surface area contributed by atoms with Crippen LogP contribution in [0.15, 0.2) is 45.6 Å². The van der Waals surface area contributed by atoms with E-state index < -0.39 is 0 Å². The van der Waals surface area contributed by atoms with E-state index in [1.165, 1.54) is 17.4 Å². The highest BCUT2D eigenvalue weighted by molar-refractivity contribution is 7.22. The van der Waals surface area contributed by atoms with Crippen LogP contribution in [0.2, 0.25) is 0 Å². The number of aromatic nitrogens is 1. The van der Waals surface area contributed by atoms with Gasteiger partial charge in [0.25, 0.3) is 0 Å². The lowest BCUT2D eigenvalue weighted by Crippen LogP contribution is -2.00. The average Bonchev–Trinajstić information content (AvgIpc) is 3.18. The third-order valence-electron chi connectivity index (χ3n) is 3.92. The zero-order chi connectivity index (χ0) is 16.3. The third kappa shape index (κ3) is 1.88. The van der Waals surface area contributed by atoms with Crippen molar-refractivity contribution in [3.8, 4) is 22.8 Å². The highest BCUT2D eigenvalue weighted by atomic mass is 32.1. The van der Waals surface area contributed by atoms with Gasteiger partial charge in [-0.3, -0.25) is 4.79 Å². The maximum absolute atomic E-state index is 12.7. The summed E-state index contributed by atoms with van der Waals surface area (Å²) in [4.78, 5) is 16.9. The Morgan fingerprint density at radius 3 is 2.88 bits per heavy atom. The van der Waals surface area contributed by atoms with Gasteiger partial charge in [-0.2, -0.15) is 0 Å². The normalized spacial score (nSPS) is 13.0. The topological polar surface area (TPSA) is 87.6 Å². The molecule has 0 radical (unpaired) electrons. The molecule has 0 bridgehead atoms. The summed E-state index contributed by atoms with van der Waals surface area (Å²) in [7, 11) is 0. The smallest absolute Gasteiger partial charge is 0.231 e. The molecule has 118 valence electrons. The Hall–Kier alpha value is -3.06. The van der Waals surface area contributed by atoms with Gasteiger partial charge in [0.2, 0.25) is 6.79 Å². The van der Waals surface area contributed by atoms with Crippen LogP contribution in [-0.2, 0) is 0 Å². The molecule has 0 atom stereocenters. The molecule has 3 heterocycles. The Balaban J connectivity index is 1.76. The molecule has 0 amide bonds. The van der Waals surface area contributed by atoms with Gasteiger partial charge < -0.3 is 19.6 Å². The van der Waals surface area contributed by atoms with Crippen LogP contribution < -0.4 is 20.6 Å². The van der Waals surface area contributed by atoms with Crippen LogP contribution in [0.25, 0.3) is 32.5 Å². The molecule has 0 spiro atoms. The van der Waals surface area contributed by atoms with Gasteiger partial charge in [-0.1, -0.05) is 11.3 Å². The molecule has 0 saturated carbocycles. The minimum Gasteiger partial charge on any atom is -0.456 e. The van der Waals surface area contributed by atoms with E-state index in [2.05, 4.69) is 4.98 Å². The minimum atomic E-state index is -0.127. The Labute approximate surface area is 139 Å². The molecule has 6 nitrogen and oxygen atoms in total. The average molecular weight is 338 g/mol. The van der Waals surface area contributed by atoms with E-state index in [4.69, 9.17) is 19.6 Å². The molecule has 0 aliphatic carbocycles. The molecule has 2 aromatic heterocycles. The van der Waals surface area contributed by atoms with Crippen molar-refractivity contribution in [2.75, 3.05) is 12.5 Å². The number of fused-ring (bicyclic) bond motifs is 4. The molecule has 0 fully saturated rings. The van der Waals surface area contributed by atoms with E-state index in [1.54, 1.807) is 24.3 Å². The number of rotatable bonds is 1. The van der Waals surface area contributed by atoms with Crippen LogP contribution in [0.5, 0.6) is 11.5 Å². The van der Waals surface area contributed by atoms with Crippen LogP contribution in [-0.4, -0.2) is 11.8 Å². The Morgan fingerprint density at radius 1 is 1.08 bits per heavy atom.